The summed E-state index contributed by atoms with van der Waals surface area (Å²) in [5.74, 6) is 8.10. The van der Waals surface area contributed by atoms with Gasteiger partial charge in [0.15, 0.2) is 0 Å². The number of aryl methyl sites for hydroxylation is 2. The first-order chi connectivity index (χ1) is 14.0. The largest absolute Gasteiger partial charge is 0.496 e. The molecule has 0 radical (unpaired) electrons. The molecular formula is C18H18BrN7OS2. The Bertz CT molecular complexity index is 1170. The molecule has 11 heteroatoms. The molecule has 2 N–H and O–H groups in total. The van der Waals surface area contributed by atoms with Crippen LogP contribution in [0.1, 0.15) is 17.1 Å². The molecular weight excluding hydrogens is 474 g/mol. The summed E-state index contributed by atoms with van der Waals surface area (Å²) in [5, 5.41) is 16.3. The zero-order valence-electron chi connectivity index (χ0n) is 16.0. The molecule has 0 aliphatic rings. The van der Waals surface area contributed by atoms with Crippen LogP contribution in [0.5, 0.6) is 5.75 Å². The van der Waals surface area contributed by atoms with Gasteiger partial charge in [-0.05, 0) is 38.1 Å². The maximum atomic E-state index is 6.20. The summed E-state index contributed by atoms with van der Waals surface area (Å²) in [6, 6.07) is 7.84. The van der Waals surface area contributed by atoms with Crippen molar-refractivity contribution in [1.82, 2.24) is 29.6 Å². The third-order valence-corrected chi connectivity index (χ3v) is 6.53. The molecule has 0 amide bonds. The van der Waals surface area contributed by atoms with E-state index in [0.29, 0.717) is 16.9 Å². The van der Waals surface area contributed by atoms with E-state index in [1.165, 1.54) is 16.4 Å². The molecule has 8 nitrogen and oxygen atoms in total. The number of hydrogen-bond acceptors (Lipinski definition) is 8. The molecule has 0 saturated heterocycles. The standard InChI is InChI=1S/C18H18BrN7OS2/c1-10-6-11(2)26(24-10)17-22-23-18(25(17)20)29-9-13-8-28-16(21-13)14-7-12(19)4-5-15(14)27-3/h4-8H,9,20H2,1-3H3. The molecule has 1 aromatic carbocycles. The van der Waals surface area contributed by atoms with Crippen molar-refractivity contribution in [2.45, 2.75) is 24.8 Å². The Morgan fingerprint density at radius 3 is 2.79 bits per heavy atom. The van der Waals surface area contributed by atoms with Gasteiger partial charge in [-0.2, -0.15) is 5.10 Å². The van der Waals surface area contributed by atoms with Crippen LogP contribution in [-0.2, 0) is 5.75 Å². The van der Waals surface area contributed by atoms with Gasteiger partial charge in [0.2, 0.25) is 5.16 Å². The van der Waals surface area contributed by atoms with Gasteiger partial charge in [-0.15, -0.1) is 21.5 Å². The highest BCUT2D eigenvalue weighted by Gasteiger charge is 2.16. The van der Waals surface area contributed by atoms with Crippen molar-refractivity contribution in [2.24, 2.45) is 0 Å². The fraction of sp³-hybridized carbons (Fsp3) is 0.222. The van der Waals surface area contributed by atoms with Crippen LogP contribution < -0.4 is 10.6 Å². The topological polar surface area (TPSA) is 96.7 Å². The van der Waals surface area contributed by atoms with Crippen LogP contribution in [0, 0.1) is 13.8 Å². The summed E-state index contributed by atoms with van der Waals surface area (Å²) in [4.78, 5) is 4.74. The van der Waals surface area contributed by atoms with Gasteiger partial charge in [0, 0.05) is 21.3 Å². The van der Waals surface area contributed by atoms with Crippen LogP contribution in [0.25, 0.3) is 16.5 Å². The first-order valence-corrected chi connectivity index (χ1v) is 11.3. The molecule has 0 atom stereocenters. The number of methoxy groups -OCH3 is 1. The number of nitrogens with zero attached hydrogens (tertiary/aromatic N) is 6. The summed E-state index contributed by atoms with van der Waals surface area (Å²) < 4.78 is 9.58. The van der Waals surface area contributed by atoms with Crippen LogP contribution >= 0.6 is 39.0 Å². The van der Waals surface area contributed by atoms with E-state index in [1.54, 1.807) is 23.1 Å². The van der Waals surface area contributed by atoms with E-state index < -0.39 is 0 Å². The number of halogens is 1. The highest BCUT2D eigenvalue weighted by Crippen LogP contribution is 2.35. The highest BCUT2D eigenvalue weighted by molar-refractivity contribution is 9.10. The van der Waals surface area contributed by atoms with Crippen LogP contribution in [0.4, 0.5) is 0 Å². The second-order valence-corrected chi connectivity index (χ2v) is 8.99. The predicted octanol–water partition coefficient (Wildman–Crippen LogP) is 3.98. The number of rotatable bonds is 6. The number of nitrogen functional groups attached to an aromatic ring is 1. The molecule has 0 aliphatic heterocycles. The van der Waals surface area contributed by atoms with Crippen molar-refractivity contribution in [3.63, 3.8) is 0 Å². The summed E-state index contributed by atoms with van der Waals surface area (Å²) in [5.41, 5.74) is 3.74. The monoisotopic (exact) mass is 491 g/mol. The molecule has 0 saturated carbocycles. The number of hydrogen-bond donors (Lipinski definition) is 1. The third kappa shape index (κ3) is 4.02. The van der Waals surface area contributed by atoms with Crippen LogP contribution in [0.15, 0.2) is 39.3 Å². The minimum absolute atomic E-state index is 0.482. The van der Waals surface area contributed by atoms with Crippen LogP contribution in [-0.4, -0.2) is 36.7 Å². The van der Waals surface area contributed by atoms with E-state index in [0.717, 1.165) is 37.9 Å². The predicted molar refractivity (Wildman–Crippen MR) is 118 cm³/mol. The summed E-state index contributed by atoms with van der Waals surface area (Å²) in [7, 11) is 1.66. The van der Waals surface area contributed by atoms with Crippen molar-refractivity contribution < 1.29 is 4.74 Å². The minimum Gasteiger partial charge on any atom is -0.496 e. The van der Waals surface area contributed by atoms with Crippen molar-refractivity contribution in [1.29, 1.82) is 0 Å². The lowest BCUT2D eigenvalue weighted by Crippen LogP contribution is -2.17. The first-order valence-electron chi connectivity index (χ1n) is 8.61. The number of thioether (sulfide) groups is 1. The maximum absolute atomic E-state index is 6.20. The van der Waals surface area contributed by atoms with Crippen LogP contribution in [0.2, 0.25) is 0 Å². The summed E-state index contributed by atoms with van der Waals surface area (Å²) >= 11 is 6.56. The van der Waals surface area contributed by atoms with Gasteiger partial charge in [-0.3, -0.25) is 0 Å². The Kier molecular flexibility index (Phi) is 5.61. The fourth-order valence-corrected chi connectivity index (χ4v) is 4.88. The van der Waals surface area contributed by atoms with Gasteiger partial charge in [0.25, 0.3) is 5.95 Å². The molecule has 0 unspecified atom stereocenters. The van der Waals surface area contributed by atoms with E-state index in [9.17, 15) is 0 Å². The minimum atomic E-state index is 0.482. The number of aromatic nitrogens is 6. The van der Waals surface area contributed by atoms with Crippen molar-refractivity contribution in [3.05, 3.63) is 51.2 Å². The molecule has 0 aliphatic carbocycles. The Morgan fingerprint density at radius 1 is 1.24 bits per heavy atom. The SMILES string of the molecule is COc1ccc(Br)cc1-c1nc(CSc2nnc(-n3nc(C)cc3C)n2N)cs1. The van der Waals surface area contributed by atoms with E-state index >= 15 is 0 Å². The zero-order valence-corrected chi connectivity index (χ0v) is 19.2. The quantitative estimate of drug-likeness (QED) is 0.321. The Balaban J connectivity index is 1.51. The van der Waals surface area contributed by atoms with E-state index in [1.807, 2.05) is 43.5 Å². The summed E-state index contributed by atoms with van der Waals surface area (Å²) in [6.07, 6.45) is 0. The normalized spacial score (nSPS) is 11.2. The fourth-order valence-electron chi connectivity index (χ4n) is 2.83. The molecule has 150 valence electrons. The van der Waals surface area contributed by atoms with Gasteiger partial charge >= 0.3 is 0 Å². The molecule has 3 heterocycles. The average Bonchev–Trinajstić information content (AvgIpc) is 3.39. The molecule has 29 heavy (non-hydrogen) atoms. The maximum Gasteiger partial charge on any atom is 0.271 e. The smallest absolute Gasteiger partial charge is 0.271 e. The molecule has 4 aromatic rings. The number of nitrogens with two attached hydrogens (primary N) is 1. The Morgan fingerprint density at radius 2 is 2.07 bits per heavy atom. The van der Waals surface area contributed by atoms with Gasteiger partial charge < -0.3 is 10.6 Å². The molecule has 0 fully saturated rings. The molecule has 3 aromatic heterocycles. The van der Waals surface area contributed by atoms with Gasteiger partial charge in [0.1, 0.15) is 10.8 Å². The lowest BCUT2D eigenvalue weighted by atomic mass is 10.2. The van der Waals surface area contributed by atoms with Crippen molar-refractivity contribution in [3.8, 4) is 22.3 Å². The van der Waals surface area contributed by atoms with E-state index in [2.05, 4.69) is 31.2 Å². The second-order valence-electron chi connectivity index (χ2n) is 6.27. The Hall–Kier alpha value is -2.37. The number of ether oxygens (including phenoxy) is 1. The van der Waals surface area contributed by atoms with E-state index in [4.69, 9.17) is 15.6 Å². The molecule has 4 rings (SSSR count). The number of thiazole rings is 1. The highest BCUT2D eigenvalue weighted by atomic mass is 79.9. The number of benzene rings is 1. The second kappa shape index (κ2) is 8.17. The van der Waals surface area contributed by atoms with E-state index in [-0.39, 0.29) is 0 Å². The van der Waals surface area contributed by atoms with Crippen LogP contribution in [0.3, 0.4) is 0 Å². The lowest BCUT2D eigenvalue weighted by Gasteiger charge is -2.06. The molecule has 0 bridgehead atoms. The first kappa shape index (κ1) is 19.9. The van der Waals surface area contributed by atoms with Crippen molar-refractivity contribution in [2.75, 3.05) is 13.0 Å². The summed E-state index contributed by atoms with van der Waals surface area (Å²) in [6.45, 7) is 3.88. The van der Waals surface area contributed by atoms with Gasteiger partial charge in [-0.25, -0.2) is 14.3 Å². The molecule has 0 spiro atoms. The van der Waals surface area contributed by atoms with Crippen molar-refractivity contribution >= 4 is 39.0 Å². The van der Waals surface area contributed by atoms with Gasteiger partial charge in [-0.1, -0.05) is 27.7 Å². The third-order valence-electron chi connectivity index (χ3n) is 4.14. The lowest BCUT2D eigenvalue weighted by molar-refractivity contribution is 0.416. The Labute approximate surface area is 184 Å². The zero-order chi connectivity index (χ0) is 20.5. The van der Waals surface area contributed by atoms with Gasteiger partial charge in [0.05, 0.1) is 24.1 Å². The average molecular weight is 492 g/mol.